The van der Waals surface area contributed by atoms with E-state index in [9.17, 15) is 9.59 Å². The van der Waals surface area contributed by atoms with E-state index >= 15 is 0 Å². The summed E-state index contributed by atoms with van der Waals surface area (Å²) in [5.41, 5.74) is 1.60. The highest BCUT2D eigenvalue weighted by Crippen LogP contribution is 2.36. The highest BCUT2D eigenvalue weighted by Gasteiger charge is 2.29. The molecule has 0 bridgehead atoms. The van der Waals surface area contributed by atoms with Crippen molar-refractivity contribution in [1.29, 1.82) is 0 Å². The molecule has 6 nitrogen and oxygen atoms in total. The predicted molar refractivity (Wildman–Crippen MR) is 80.1 cm³/mol. The topological polar surface area (TPSA) is 70.1 Å². The fourth-order valence-corrected chi connectivity index (χ4v) is 2.40. The maximum Gasteiger partial charge on any atom is 0.305 e. The number of carboxylic acid groups (broad SMARTS) is 1. The number of rotatable bonds is 5. The van der Waals surface area contributed by atoms with Gasteiger partial charge in [0.1, 0.15) is 5.75 Å². The number of ether oxygens (including phenoxy) is 1. The van der Waals surface area contributed by atoms with Crippen molar-refractivity contribution in [3.05, 3.63) is 18.2 Å². The van der Waals surface area contributed by atoms with Crippen LogP contribution in [0.4, 0.5) is 11.4 Å². The fourth-order valence-electron chi connectivity index (χ4n) is 2.40. The monoisotopic (exact) mass is 292 g/mol. The largest absolute Gasteiger partial charge is 0.481 e. The molecule has 21 heavy (non-hydrogen) atoms. The zero-order valence-electron chi connectivity index (χ0n) is 12.5. The minimum Gasteiger partial charge on any atom is -0.481 e. The summed E-state index contributed by atoms with van der Waals surface area (Å²) in [5, 5.41) is 8.80. The van der Waals surface area contributed by atoms with E-state index in [1.165, 1.54) is 0 Å². The molecule has 0 aromatic heterocycles. The minimum absolute atomic E-state index is 0.0766. The van der Waals surface area contributed by atoms with Crippen molar-refractivity contribution in [1.82, 2.24) is 0 Å². The molecule has 1 amide bonds. The maximum atomic E-state index is 12.0. The number of amides is 1. The summed E-state index contributed by atoms with van der Waals surface area (Å²) in [4.78, 5) is 26.2. The molecule has 0 spiro atoms. The van der Waals surface area contributed by atoms with E-state index in [2.05, 4.69) is 0 Å². The van der Waals surface area contributed by atoms with Crippen LogP contribution >= 0.6 is 0 Å². The molecule has 0 radical (unpaired) electrons. The normalized spacial score (nSPS) is 17.2. The zero-order valence-corrected chi connectivity index (χ0v) is 12.5. The Kier molecular flexibility index (Phi) is 4.35. The molecule has 0 saturated heterocycles. The minimum atomic E-state index is -0.823. The van der Waals surface area contributed by atoms with E-state index in [1.54, 1.807) is 18.9 Å². The first-order chi connectivity index (χ1) is 9.93. The van der Waals surface area contributed by atoms with Crippen LogP contribution < -0.4 is 14.5 Å². The van der Waals surface area contributed by atoms with Gasteiger partial charge in [-0.05, 0) is 32.0 Å². The molecule has 1 aromatic carbocycles. The van der Waals surface area contributed by atoms with Gasteiger partial charge < -0.3 is 19.6 Å². The third-order valence-corrected chi connectivity index (χ3v) is 3.63. The van der Waals surface area contributed by atoms with E-state index < -0.39 is 12.1 Å². The first-order valence-electron chi connectivity index (χ1n) is 6.99. The summed E-state index contributed by atoms with van der Waals surface area (Å²) in [7, 11) is 1.72. The van der Waals surface area contributed by atoms with Crippen LogP contribution in [0, 0.1) is 0 Å². The Morgan fingerprint density at radius 3 is 2.81 bits per heavy atom. The van der Waals surface area contributed by atoms with Crippen LogP contribution in [-0.2, 0) is 9.59 Å². The molecule has 114 valence electrons. The Hall–Kier alpha value is -2.24. The summed E-state index contributed by atoms with van der Waals surface area (Å²) in [6, 6.07) is 5.58. The van der Waals surface area contributed by atoms with Gasteiger partial charge in [0.05, 0.1) is 12.1 Å². The number of carboxylic acids is 1. The second kappa shape index (κ2) is 6.03. The lowest BCUT2D eigenvalue weighted by molar-refractivity contribution is -0.136. The van der Waals surface area contributed by atoms with E-state index in [1.807, 2.05) is 30.0 Å². The molecule has 1 N–H and O–H groups in total. The number of carbonyl (C=O) groups is 2. The number of fused-ring (bicyclic) bond motifs is 1. The molecule has 6 heteroatoms. The molecule has 1 aliphatic rings. The highest BCUT2D eigenvalue weighted by molar-refractivity contribution is 5.99. The Bertz CT molecular complexity index is 559. The van der Waals surface area contributed by atoms with Crippen molar-refractivity contribution in [2.45, 2.75) is 26.4 Å². The number of benzene rings is 1. The van der Waals surface area contributed by atoms with Crippen molar-refractivity contribution in [3.8, 4) is 5.75 Å². The quantitative estimate of drug-likeness (QED) is 0.895. The van der Waals surface area contributed by atoms with Gasteiger partial charge in [-0.25, -0.2) is 0 Å². The average molecular weight is 292 g/mol. The van der Waals surface area contributed by atoms with Gasteiger partial charge in [-0.3, -0.25) is 9.59 Å². The van der Waals surface area contributed by atoms with Crippen LogP contribution in [0.3, 0.4) is 0 Å². The van der Waals surface area contributed by atoms with Gasteiger partial charge in [0, 0.05) is 25.8 Å². The van der Waals surface area contributed by atoms with Crippen molar-refractivity contribution in [3.63, 3.8) is 0 Å². The lowest BCUT2D eigenvalue weighted by Crippen LogP contribution is -2.42. The summed E-state index contributed by atoms with van der Waals surface area (Å²) in [6.07, 6.45) is -0.407. The lowest BCUT2D eigenvalue weighted by atomic mass is 10.1. The third-order valence-electron chi connectivity index (χ3n) is 3.63. The van der Waals surface area contributed by atoms with Gasteiger partial charge in [-0.2, -0.15) is 0 Å². The molecular weight excluding hydrogens is 272 g/mol. The summed E-state index contributed by atoms with van der Waals surface area (Å²) in [6.45, 7) is 4.82. The standard InChI is InChI=1S/C15H20N2O4/c1-4-17(8-7-14(18)19)11-5-6-13-12(9-11)16(3)15(20)10(2)21-13/h5-6,9-10H,4,7-8H2,1-3H3,(H,18,19). The number of aliphatic carboxylic acids is 1. The Balaban J connectivity index is 2.27. The molecule has 0 aliphatic carbocycles. The molecule has 1 heterocycles. The fraction of sp³-hybridized carbons (Fsp3) is 0.467. The molecule has 1 aliphatic heterocycles. The molecule has 0 saturated carbocycles. The zero-order chi connectivity index (χ0) is 15.6. The Morgan fingerprint density at radius 1 is 1.48 bits per heavy atom. The van der Waals surface area contributed by atoms with Crippen LogP contribution in [-0.4, -0.2) is 43.2 Å². The van der Waals surface area contributed by atoms with E-state index in [-0.39, 0.29) is 12.3 Å². The van der Waals surface area contributed by atoms with Crippen molar-refractivity contribution in [2.24, 2.45) is 0 Å². The van der Waals surface area contributed by atoms with E-state index in [0.717, 1.165) is 5.69 Å². The van der Waals surface area contributed by atoms with Gasteiger partial charge >= 0.3 is 5.97 Å². The van der Waals surface area contributed by atoms with Crippen LogP contribution in [0.25, 0.3) is 0 Å². The van der Waals surface area contributed by atoms with Crippen LogP contribution in [0.1, 0.15) is 20.3 Å². The maximum absolute atomic E-state index is 12.0. The molecule has 1 atom stereocenters. The first kappa shape index (κ1) is 15.2. The number of hydrogen-bond acceptors (Lipinski definition) is 4. The predicted octanol–water partition coefficient (Wildman–Crippen LogP) is 1.73. The van der Waals surface area contributed by atoms with Crippen LogP contribution in [0.15, 0.2) is 18.2 Å². The number of hydrogen-bond donors (Lipinski definition) is 1. The Labute approximate surface area is 123 Å². The van der Waals surface area contributed by atoms with Crippen molar-refractivity contribution >= 4 is 23.3 Å². The molecule has 1 unspecified atom stereocenters. The van der Waals surface area contributed by atoms with Gasteiger partial charge in [0.2, 0.25) is 0 Å². The number of nitrogens with zero attached hydrogens (tertiary/aromatic N) is 2. The highest BCUT2D eigenvalue weighted by atomic mass is 16.5. The van der Waals surface area contributed by atoms with Crippen LogP contribution in [0.5, 0.6) is 5.75 Å². The van der Waals surface area contributed by atoms with Crippen molar-refractivity contribution < 1.29 is 19.4 Å². The van der Waals surface area contributed by atoms with Crippen molar-refractivity contribution in [2.75, 3.05) is 29.9 Å². The summed E-state index contributed by atoms with van der Waals surface area (Å²) >= 11 is 0. The van der Waals surface area contributed by atoms with Gasteiger partial charge in [0.25, 0.3) is 5.91 Å². The molecule has 1 aromatic rings. The second-order valence-corrected chi connectivity index (χ2v) is 5.03. The Morgan fingerprint density at radius 2 is 2.19 bits per heavy atom. The average Bonchev–Trinajstić information content (AvgIpc) is 2.45. The first-order valence-corrected chi connectivity index (χ1v) is 6.99. The van der Waals surface area contributed by atoms with E-state index in [0.29, 0.717) is 24.5 Å². The lowest BCUT2D eigenvalue weighted by Gasteiger charge is -2.32. The number of anilines is 2. The molecule has 0 fully saturated rings. The number of carbonyl (C=O) groups excluding carboxylic acids is 1. The number of likely N-dealkylation sites (N-methyl/N-ethyl adjacent to an activating group) is 1. The second-order valence-electron chi connectivity index (χ2n) is 5.03. The molecular formula is C15H20N2O4. The summed E-state index contributed by atoms with van der Waals surface area (Å²) in [5.74, 6) is -0.244. The van der Waals surface area contributed by atoms with Gasteiger partial charge in [-0.1, -0.05) is 0 Å². The van der Waals surface area contributed by atoms with E-state index in [4.69, 9.17) is 9.84 Å². The van der Waals surface area contributed by atoms with Gasteiger partial charge in [0.15, 0.2) is 6.10 Å². The van der Waals surface area contributed by atoms with Crippen LogP contribution in [0.2, 0.25) is 0 Å². The molecule has 2 rings (SSSR count). The third kappa shape index (κ3) is 3.09. The smallest absolute Gasteiger partial charge is 0.305 e. The summed E-state index contributed by atoms with van der Waals surface area (Å²) < 4.78 is 5.58. The SMILES string of the molecule is CCN(CCC(=O)O)c1ccc2c(c1)N(C)C(=O)C(C)O2. The van der Waals surface area contributed by atoms with Gasteiger partial charge in [-0.15, -0.1) is 0 Å².